The number of methoxy groups -OCH3 is 1. The van der Waals surface area contributed by atoms with Gasteiger partial charge in [-0.1, -0.05) is 0 Å². The fourth-order valence-electron chi connectivity index (χ4n) is 1.71. The number of carbonyl (C=O) groups excluding carboxylic acids is 1. The second kappa shape index (κ2) is 5.35. The summed E-state index contributed by atoms with van der Waals surface area (Å²) in [6, 6.07) is 7.49. The Kier molecular flexibility index (Phi) is 4.11. The highest BCUT2D eigenvalue weighted by atomic mass is 16.5. The lowest BCUT2D eigenvalue weighted by molar-refractivity contribution is -0.112. The number of anilines is 1. The molecule has 4 nitrogen and oxygen atoms in total. The minimum atomic E-state index is -0.818. The molecule has 1 rings (SSSR count). The Balaban J connectivity index is 3.35. The van der Waals surface area contributed by atoms with Crippen LogP contribution in [0.1, 0.15) is 18.9 Å². The molecule has 0 saturated carbocycles. The van der Waals surface area contributed by atoms with Crippen LogP contribution in [0.4, 0.5) is 5.69 Å². The molecule has 0 aliphatic carbocycles. The van der Waals surface area contributed by atoms with Crippen LogP contribution in [-0.2, 0) is 10.2 Å². The summed E-state index contributed by atoms with van der Waals surface area (Å²) in [7, 11) is 3.35. The molecule has 0 bridgehead atoms. The molecule has 0 saturated heterocycles. The number of rotatable bonds is 5. The van der Waals surface area contributed by atoms with Crippen LogP contribution in [0, 0.1) is 11.3 Å². The Bertz CT molecular complexity index is 451. The van der Waals surface area contributed by atoms with Crippen LogP contribution in [0.2, 0.25) is 0 Å². The topological polar surface area (TPSA) is 62.1 Å². The summed E-state index contributed by atoms with van der Waals surface area (Å²) in [6.45, 7) is 1.75. The van der Waals surface area contributed by atoms with Crippen molar-refractivity contribution in [3.05, 3.63) is 23.8 Å². The van der Waals surface area contributed by atoms with Gasteiger partial charge in [-0.3, -0.25) is 0 Å². The maximum atomic E-state index is 11.3. The molecule has 0 aliphatic heterocycles. The standard InChI is InChI=1S/C13H16N2O2/c1-13(9-16,6-7-14)11-8-10(17-3)4-5-12(11)15-2/h4-5,8-9,15H,6H2,1-3H3/t13-/m0/s1. The molecule has 0 aromatic heterocycles. The average molecular weight is 232 g/mol. The van der Waals surface area contributed by atoms with Gasteiger partial charge in [0.2, 0.25) is 0 Å². The van der Waals surface area contributed by atoms with E-state index in [9.17, 15) is 4.79 Å². The highest BCUT2D eigenvalue weighted by Crippen LogP contribution is 2.34. The third kappa shape index (κ3) is 2.56. The molecule has 90 valence electrons. The van der Waals surface area contributed by atoms with Crippen molar-refractivity contribution in [2.75, 3.05) is 19.5 Å². The quantitative estimate of drug-likeness (QED) is 0.790. The Morgan fingerprint density at radius 2 is 2.29 bits per heavy atom. The van der Waals surface area contributed by atoms with E-state index in [1.807, 2.05) is 18.2 Å². The van der Waals surface area contributed by atoms with Crippen molar-refractivity contribution in [3.8, 4) is 11.8 Å². The Morgan fingerprint density at radius 1 is 1.59 bits per heavy atom. The lowest BCUT2D eigenvalue weighted by Crippen LogP contribution is -2.24. The van der Waals surface area contributed by atoms with Gasteiger partial charge >= 0.3 is 0 Å². The van der Waals surface area contributed by atoms with E-state index in [1.54, 1.807) is 27.1 Å². The summed E-state index contributed by atoms with van der Waals surface area (Å²) in [5.41, 5.74) is 0.785. The first kappa shape index (κ1) is 13.0. The third-order valence-electron chi connectivity index (χ3n) is 2.82. The van der Waals surface area contributed by atoms with E-state index < -0.39 is 5.41 Å². The summed E-state index contributed by atoms with van der Waals surface area (Å²) in [6.07, 6.45) is 0.949. The molecule has 0 amide bonds. The van der Waals surface area contributed by atoms with Gasteiger partial charge in [-0.25, -0.2) is 0 Å². The fourth-order valence-corrected chi connectivity index (χ4v) is 1.71. The molecular weight excluding hydrogens is 216 g/mol. The van der Waals surface area contributed by atoms with Gasteiger partial charge in [-0.2, -0.15) is 5.26 Å². The summed E-state index contributed by atoms with van der Waals surface area (Å²) >= 11 is 0. The molecular formula is C13H16N2O2. The molecule has 0 aliphatic rings. The summed E-state index contributed by atoms with van der Waals surface area (Å²) < 4.78 is 5.15. The lowest BCUT2D eigenvalue weighted by Gasteiger charge is -2.24. The van der Waals surface area contributed by atoms with Gasteiger partial charge in [0.25, 0.3) is 0 Å². The summed E-state index contributed by atoms with van der Waals surface area (Å²) in [5.74, 6) is 0.671. The van der Waals surface area contributed by atoms with Crippen molar-refractivity contribution in [2.24, 2.45) is 0 Å². The van der Waals surface area contributed by atoms with Crippen molar-refractivity contribution in [1.29, 1.82) is 5.26 Å². The first-order valence-corrected chi connectivity index (χ1v) is 5.31. The van der Waals surface area contributed by atoms with Crippen LogP contribution in [0.3, 0.4) is 0 Å². The number of ether oxygens (including phenoxy) is 1. The van der Waals surface area contributed by atoms with Crippen molar-refractivity contribution >= 4 is 12.0 Å². The van der Waals surface area contributed by atoms with Gasteiger partial charge in [-0.05, 0) is 30.7 Å². The summed E-state index contributed by atoms with van der Waals surface area (Å²) in [4.78, 5) is 11.3. The minimum Gasteiger partial charge on any atom is -0.497 e. The van der Waals surface area contributed by atoms with E-state index in [1.165, 1.54) is 0 Å². The molecule has 1 aromatic carbocycles. The lowest BCUT2D eigenvalue weighted by atomic mass is 9.80. The van der Waals surface area contributed by atoms with E-state index in [2.05, 4.69) is 5.32 Å². The molecule has 1 N–H and O–H groups in total. The predicted octanol–water partition coefficient (Wildman–Crippen LogP) is 2.11. The molecule has 0 unspecified atom stereocenters. The third-order valence-corrected chi connectivity index (χ3v) is 2.82. The highest BCUT2D eigenvalue weighted by molar-refractivity contribution is 5.74. The SMILES string of the molecule is CNc1ccc(OC)cc1[C@](C)(C=O)CC#N. The zero-order valence-corrected chi connectivity index (χ0v) is 10.3. The molecule has 1 aromatic rings. The normalized spacial score (nSPS) is 13.3. The second-order valence-corrected chi connectivity index (χ2v) is 4.03. The number of aldehydes is 1. The maximum absolute atomic E-state index is 11.3. The molecule has 0 radical (unpaired) electrons. The number of nitrogens with one attached hydrogen (secondary N) is 1. The predicted molar refractivity (Wildman–Crippen MR) is 66.2 cm³/mol. The maximum Gasteiger partial charge on any atom is 0.131 e. The van der Waals surface area contributed by atoms with E-state index >= 15 is 0 Å². The van der Waals surface area contributed by atoms with Crippen LogP contribution < -0.4 is 10.1 Å². The van der Waals surface area contributed by atoms with Gasteiger partial charge in [-0.15, -0.1) is 0 Å². The second-order valence-electron chi connectivity index (χ2n) is 4.03. The highest BCUT2D eigenvalue weighted by Gasteiger charge is 2.29. The van der Waals surface area contributed by atoms with Crippen LogP contribution in [0.5, 0.6) is 5.75 Å². The Hall–Kier alpha value is -2.02. The molecule has 0 heterocycles. The monoisotopic (exact) mass is 232 g/mol. The molecule has 0 spiro atoms. The first-order valence-electron chi connectivity index (χ1n) is 5.31. The molecule has 4 heteroatoms. The molecule has 0 fully saturated rings. The van der Waals surface area contributed by atoms with Crippen LogP contribution in [0.25, 0.3) is 0 Å². The van der Waals surface area contributed by atoms with E-state index in [4.69, 9.17) is 10.00 Å². The van der Waals surface area contributed by atoms with E-state index in [0.717, 1.165) is 17.5 Å². The number of nitriles is 1. The summed E-state index contributed by atoms with van der Waals surface area (Å²) in [5, 5.41) is 11.8. The number of carbonyl (C=O) groups is 1. The molecule has 17 heavy (non-hydrogen) atoms. The van der Waals surface area contributed by atoms with Gasteiger partial charge < -0.3 is 14.8 Å². The average Bonchev–Trinajstić information content (AvgIpc) is 2.38. The van der Waals surface area contributed by atoms with Crippen molar-refractivity contribution in [1.82, 2.24) is 0 Å². The van der Waals surface area contributed by atoms with Gasteiger partial charge in [0.05, 0.1) is 25.0 Å². The van der Waals surface area contributed by atoms with E-state index in [0.29, 0.717) is 5.75 Å². The number of nitrogens with zero attached hydrogens (tertiary/aromatic N) is 1. The van der Waals surface area contributed by atoms with E-state index in [-0.39, 0.29) is 6.42 Å². The fraction of sp³-hybridized carbons (Fsp3) is 0.385. The van der Waals surface area contributed by atoms with Crippen molar-refractivity contribution in [2.45, 2.75) is 18.8 Å². The van der Waals surface area contributed by atoms with Crippen LogP contribution >= 0.6 is 0 Å². The number of hydrogen-bond donors (Lipinski definition) is 1. The van der Waals surface area contributed by atoms with Gasteiger partial charge in [0.15, 0.2) is 0 Å². The Morgan fingerprint density at radius 3 is 2.76 bits per heavy atom. The van der Waals surface area contributed by atoms with Crippen LogP contribution in [-0.4, -0.2) is 20.4 Å². The largest absolute Gasteiger partial charge is 0.497 e. The number of hydrogen-bond acceptors (Lipinski definition) is 4. The first-order chi connectivity index (χ1) is 8.11. The zero-order chi connectivity index (χ0) is 12.9. The van der Waals surface area contributed by atoms with Crippen molar-refractivity contribution < 1.29 is 9.53 Å². The smallest absolute Gasteiger partial charge is 0.131 e. The molecule has 1 atom stereocenters. The van der Waals surface area contributed by atoms with Crippen LogP contribution in [0.15, 0.2) is 18.2 Å². The van der Waals surface area contributed by atoms with Gasteiger partial charge in [0.1, 0.15) is 12.0 Å². The number of benzene rings is 1. The van der Waals surface area contributed by atoms with Crippen molar-refractivity contribution in [3.63, 3.8) is 0 Å². The Labute approximate surface area is 101 Å². The van der Waals surface area contributed by atoms with Gasteiger partial charge in [0, 0.05) is 12.7 Å². The minimum absolute atomic E-state index is 0.137. The zero-order valence-electron chi connectivity index (χ0n) is 10.3.